The Balaban J connectivity index is 1.05. The molecule has 5 heteroatoms. The number of benzene rings is 4. The molecule has 0 saturated carbocycles. The van der Waals surface area contributed by atoms with E-state index in [1.807, 2.05) is 0 Å². The lowest BCUT2D eigenvalue weighted by Crippen LogP contribution is -2.58. The number of nitrogens with zero attached hydrogens (tertiary/aromatic N) is 2. The Morgan fingerprint density at radius 2 is 0.977 bits per heavy atom. The van der Waals surface area contributed by atoms with Crippen molar-refractivity contribution in [3.63, 3.8) is 0 Å². The van der Waals surface area contributed by atoms with Crippen molar-refractivity contribution in [2.45, 2.75) is 59.8 Å². The fourth-order valence-corrected chi connectivity index (χ4v) is 8.69. The van der Waals surface area contributed by atoms with Gasteiger partial charge in [-0.2, -0.15) is 0 Å². The van der Waals surface area contributed by atoms with Gasteiger partial charge in [-0.15, -0.1) is 0 Å². The Morgan fingerprint density at radius 3 is 1.40 bits per heavy atom. The van der Waals surface area contributed by atoms with Crippen LogP contribution in [0.25, 0.3) is 12.2 Å². The van der Waals surface area contributed by atoms with E-state index in [-0.39, 0.29) is 10.8 Å². The number of para-hydroxylation sites is 2. The number of fused-ring (bicyclic) bond motifs is 4. The van der Waals surface area contributed by atoms with E-state index in [1.165, 1.54) is 32.3 Å². The highest BCUT2D eigenvalue weighted by atomic mass is 32.2. The average molecular weight is 585 g/mol. The van der Waals surface area contributed by atoms with Crippen LogP contribution in [0.15, 0.2) is 107 Å². The molecule has 0 bridgehead atoms. The van der Waals surface area contributed by atoms with Crippen LogP contribution in [0.2, 0.25) is 0 Å². The molecule has 216 valence electrons. The van der Waals surface area contributed by atoms with Gasteiger partial charge < -0.3 is 19.3 Å². The molecule has 4 aliphatic heterocycles. The normalized spacial score (nSPS) is 24.8. The molecular weight excluding hydrogens is 548 g/mol. The minimum absolute atomic E-state index is 0.206. The smallest absolute Gasteiger partial charge is 0.211 e. The van der Waals surface area contributed by atoms with Gasteiger partial charge >= 0.3 is 0 Å². The summed E-state index contributed by atoms with van der Waals surface area (Å²) in [5.74, 6) is 1.83. The first kappa shape index (κ1) is 26.5. The van der Waals surface area contributed by atoms with Crippen molar-refractivity contribution < 1.29 is 9.47 Å². The number of hydrogen-bond acceptors (Lipinski definition) is 5. The Hall–Kier alpha value is -4.09. The van der Waals surface area contributed by atoms with E-state index in [1.54, 1.807) is 11.8 Å². The summed E-state index contributed by atoms with van der Waals surface area (Å²) in [5.41, 5.74) is 5.71. The lowest BCUT2D eigenvalue weighted by atomic mass is 9.76. The van der Waals surface area contributed by atoms with Gasteiger partial charge in [-0.25, -0.2) is 0 Å². The summed E-state index contributed by atoms with van der Waals surface area (Å²) in [7, 11) is 4.27. The van der Waals surface area contributed by atoms with E-state index in [9.17, 15) is 0 Å². The highest BCUT2D eigenvalue weighted by Crippen LogP contribution is 2.56. The maximum absolute atomic E-state index is 6.86. The molecule has 4 aromatic carbocycles. The van der Waals surface area contributed by atoms with E-state index in [2.05, 4.69) is 161 Å². The van der Waals surface area contributed by atoms with Crippen molar-refractivity contribution in [1.29, 1.82) is 0 Å². The third-order valence-electron chi connectivity index (χ3n) is 10.4. The van der Waals surface area contributed by atoms with Crippen LogP contribution in [0.1, 0.15) is 49.9 Å². The van der Waals surface area contributed by atoms with E-state index in [4.69, 9.17) is 9.47 Å². The quantitative estimate of drug-likeness (QED) is 0.234. The second-order valence-electron chi connectivity index (χ2n) is 13.2. The lowest BCUT2D eigenvalue weighted by molar-refractivity contribution is 0.0581. The van der Waals surface area contributed by atoms with Crippen LogP contribution < -0.4 is 19.3 Å². The molecule has 2 unspecified atom stereocenters. The topological polar surface area (TPSA) is 24.9 Å². The standard InChI is InChI=1S/C38H36N2O2S/c1-35(2)29-11-7-9-13-31(29)39(5)37(35)21-19-25-23-27(15-17-33(25)41-37)43-28-16-18-34-26(24-28)20-22-38(42-34)36(3,4)30-12-8-10-14-32(30)40(38)6/h7-24H,1-6H3. The summed E-state index contributed by atoms with van der Waals surface area (Å²) in [6, 6.07) is 30.3. The van der Waals surface area contributed by atoms with Crippen molar-refractivity contribution in [1.82, 2.24) is 0 Å². The van der Waals surface area contributed by atoms with Crippen molar-refractivity contribution >= 4 is 35.3 Å². The average Bonchev–Trinajstić information content (AvgIpc) is 3.28. The largest absolute Gasteiger partial charge is 0.463 e. The molecule has 4 aliphatic rings. The van der Waals surface area contributed by atoms with Crippen LogP contribution in [0.5, 0.6) is 11.5 Å². The second kappa shape index (κ2) is 8.73. The van der Waals surface area contributed by atoms with Crippen molar-refractivity contribution in [2.24, 2.45) is 0 Å². The molecule has 0 saturated heterocycles. The van der Waals surface area contributed by atoms with Gasteiger partial charge in [0.1, 0.15) is 11.5 Å². The van der Waals surface area contributed by atoms with Crippen molar-refractivity contribution in [3.8, 4) is 11.5 Å². The van der Waals surface area contributed by atoms with Crippen LogP contribution in [0.3, 0.4) is 0 Å². The molecule has 4 aromatic rings. The predicted octanol–water partition coefficient (Wildman–Crippen LogP) is 8.90. The molecule has 2 atom stereocenters. The minimum Gasteiger partial charge on any atom is -0.463 e. The molecule has 0 fully saturated rings. The summed E-state index contributed by atoms with van der Waals surface area (Å²) in [5, 5.41) is 0. The van der Waals surface area contributed by atoms with Gasteiger partial charge in [0.15, 0.2) is 0 Å². The molecule has 0 radical (unpaired) electrons. The van der Waals surface area contributed by atoms with Crippen LogP contribution in [0, 0.1) is 0 Å². The molecule has 0 aliphatic carbocycles. The highest BCUT2D eigenvalue weighted by molar-refractivity contribution is 7.99. The van der Waals surface area contributed by atoms with Gasteiger partial charge in [0.05, 0.1) is 10.8 Å². The number of hydrogen-bond donors (Lipinski definition) is 0. The molecular formula is C38H36N2O2S. The third-order valence-corrected chi connectivity index (χ3v) is 11.4. The van der Waals surface area contributed by atoms with Gasteiger partial charge in [-0.3, -0.25) is 0 Å². The monoisotopic (exact) mass is 584 g/mol. The summed E-state index contributed by atoms with van der Waals surface area (Å²) in [6.45, 7) is 9.09. The van der Waals surface area contributed by atoms with Crippen LogP contribution in [0.4, 0.5) is 11.4 Å². The van der Waals surface area contributed by atoms with Gasteiger partial charge in [0.25, 0.3) is 0 Å². The SMILES string of the molecule is CN1c2ccccc2C(C)(C)C12C=Cc1cc(Sc3ccc4c(c3)C=CC3(O4)N(C)c4ccccc4C3(C)C)ccc1O2. The Bertz CT molecular complexity index is 1740. The third kappa shape index (κ3) is 3.40. The highest BCUT2D eigenvalue weighted by Gasteiger charge is 2.58. The van der Waals surface area contributed by atoms with E-state index in [0.29, 0.717) is 0 Å². The van der Waals surface area contributed by atoms with Gasteiger partial charge in [0.2, 0.25) is 11.4 Å². The first-order valence-electron chi connectivity index (χ1n) is 15.0. The summed E-state index contributed by atoms with van der Waals surface area (Å²) in [4.78, 5) is 6.91. The van der Waals surface area contributed by atoms with Crippen LogP contribution in [-0.4, -0.2) is 25.5 Å². The number of anilines is 2. The minimum atomic E-state index is -0.566. The molecule has 0 N–H and O–H groups in total. The molecule has 8 rings (SSSR count). The Kier molecular flexibility index (Phi) is 5.39. The molecule has 4 heterocycles. The van der Waals surface area contributed by atoms with Gasteiger partial charge in [-0.1, -0.05) is 48.2 Å². The van der Waals surface area contributed by atoms with E-state index < -0.39 is 11.4 Å². The zero-order chi connectivity index (χ0) is 29.8. The van der Waals surface area contributed by atoms with Crippen LogP contribution in [-0.2, 0) is 10.8 Å². The lowest BCUT2D eigenvalue weighted by Gasteiger charge is -2.46. The van der Waals surface area contributed by atoms with Crippen molar-refractivity contribution in [3.05, 3.63) is 119 Å². The number of ether oxygens (including phenoxy) is 2. The molecule has 43 heavy (non-hydrogen) atoms. The van der Waals surface area contributed by atoms with Gasteiger partial charge in [0, 0.05) is 46.4 Å². The van der Waals surface area contributed by atoms with Gasteiger partial charge in [-0.05, 0) is 112 Å². The van der Waals surface area contributed by atoms with Crippen molar-refractivity contribution in [2.75, 3.05) is 23.9 Å². The number of rotatable bonds is 2. The molecule has 0 aromatic heterocycles. The molecule has 4 nitrogen and oxygen atoms in total. The van der Waals surface area contributed by atoms with Crippen LogP contribution >= 0.6 is 11.8 Å². The first-order chi connectivity index (χ1) is 20.6. The second-order valence-corrected chi connectivity index (χ2v) is 14.3. The Labute approximate surface area is 258 Å². The van der Waals surface area contributed by atoms with E-state index >= 15 is 0 Å². The summed E-state index contributed by atoms with van der Waals surface area (Å²) >= 11 is 1.76. The summed E-state index contributed by atoms with van der Waals surface area (Å²) in [6.07, 6.45) is 8.93. The maximum atomic E-state index is 6.86. The number of likely N-dealkylation sites (N-methyl/N-ethyl adjacent to an activating group) is 2. The first-order valence-corrected chi connectivity index (χ1v) is 15.8. The predicted molar refractivity (Wildman–Crippen MR) is 178 cm³/mol. The fraction of sp³-hybridized carbons (Fsp3) is 0.263. The maximum Gasteiger partial charge on any atom is 0.211 e. The van der Waals surface area contributed by atoms with E-state index in [0.717, 1.165) is 22.6 Å². The fourth-order valence-electron chi connectivity index (χ4n) is 7.78. The molecule has 2 spiro atoms. The summed E-state index contributed by atoms with van der Waals surface area (Å²) < 4.78 is 13.7. The zero-order valence-corrected chi connectivity index (χ0v) is 26.3. The molecule has 0 amide bonds. The Morgan fingerprint density at radius 1 is 0.558 bits per heavy atom. The zero-order valence-electron chi connectivity index (χ0n) is 25.5.